The van der Waals surface area contributed by atoms with Crippen molar-refractivity contribution in [3.05, 3.63) is 29.8 Å². The molecule has 0 unspecified atom stereocenters. The van der Waals surface area contributed by atoms with Crippen LogP contribution in [0.25, 0.3) is 11.5 Å². The van der Waals surface area contributed by atoms with Crippen molar-refractivity contribution in [1.29, 1.82) is 0 Å². The molecule has 17 heavy (non-hydrogen) atoms. The molecule has 5 nitrogen and oxygen atoms in total. The Morgan fingerprint density at radius 2 is 2.00 bits per heavy atom. The fourth-order valence-corrected chi connectivity index (χ4v) is 1.43. The van der Waals surface area contributed by atoms with Crippen LogP contribution in [0.4, 0.5) is 0 Å². The first-order chi connectivity index (χ1) is 8.08. The monoisotopic (exact) mass is 232 g/mol. The number of hydrogen-bond acceptors (Lipinski definition) is 5. The van der Waals surface area contributed by atoms with Crippen LogP contribution >= 0.6 is 0 Å². The van der Waals surface area contributed by atoms with Crippen LogP contribution in [0.15, 0.2) is 22.7 Å². The van der Waals surface area contributed by atoms with Crippen molar-refractivity contribution in [1.82, 2.24) is 15.1 Å². The Morgan fingerprint density at radius 3 is 2.65 bits per heavy atom. The first-order valence-corrected chi connectivity index (χ1v) is 5.61. The summed E-state index contributed by atoms with van der Waals surface area (Å²) in [4.78, 5) is 8.61. The number of nitrogens with two attached hydrogens (primary N) is 1. The molecule has 90 valence electrons. The summed E-state index contributed by atoms with van der Waals surface area (Å²) in [5.74, 6) is 1.20. The highest BCUT2D eigenvalue weighted by molar-refractivity contribution is 5.48. The van der Waals surface area contributed by atoms with E-state index in [4.69, 9.17) is 10.3 Å². The Balaban J connectivity index is 2.30. The van der Waals surface area contributed by atoms with E-state index in [1.54, 1.807) is 0 Å². The fraction of sp³-hybridized carbons (Fsp3) is 0.417. The van der Waals surface area contributed by atoms with Gasteiger partial charge in [-0.1, -0.05) is 25.1 Å². The van der Waals surface area contributed by atoms with Gasteiger partial charge in [0.05, 0.1) is 6.04 Å². The van der Waals surface area contributed by atoms with Crippen LogP contribution in [0.3, 0.4) is 0 Å². The average molecular weight is 232 g/mol. The van der Waals surface area contributed by atoms with E-state index in [9.17, 15) is 0 Å². The topological polar surface area (TPSA) is 77.8 Å². The summed E-state index contributed by atoms with van der Waals surface area (Å²) >= 11 is 0. The van der Waals surface area contributed by atoms with Crippen molar-refractivity contribution in [2.24, 2.45) is 11.7 Å². The van der Waals surface area contributed by atoms with Gasteiger partial charge in [0.15, 0.2) is 0 Å². The van der Waals surface area contributed by atoms with Crippen LogP contribution in [0, 0.1) is 12.8 Å². The van der Waals surface area contributed by atoms with E-state index >= 15 is 0 Å². The predicted molar refractivity (Wildman–Crippen MR) is 64.0 cm³/mol. The Bertz CT molecular complexity index is 507. The maximum Gasteiger partial charge on any atom is 0.244 e. The molecule has 0 aromatic carbocycles. The van der Waals surface area contributed by atoms with Crippen LogP contribution in [0.5, 0.6) is 0 Å². The molecule has 2 heterocycles. The number of pyridine rings is 1. The Hall–Kier alpha value is -1.75. The lowest BCUT2D eigenvalue weighted by molar-refractivity contribution is 0.325. The van der Waals surface area contributed by atoms with E-state index in [2.05, 4.69) is 15.1 Å². The highest BCUT2D eigenvalue weighted by atomic mass is 16.5. The quantitative estimate of drug-likeness (QED) is 0.876. The van der Waals surface area contributed by atoms with E-state index in [0.717, 1.165) is 5.69 Å². The standard InChI is InChI=1S/C12H16N4O/c1-7(2)10(13)12-15-11(16-17-12)9-6-4-5-8(3)14-9/h4-7,10H,13H2,1-3H3/t10-/m0/s1. The molecule has 0 amide bonds. The van der Waals surface area contributed by atoms with Crippen molar-refractivity contribution in [3.63, 3.8) is 0 Å². The molecule has 0 bridgehead atoms. The second-order valence-electron chi connectivity index (χ2n) is 4.39. The lowest BCUT2D eigenvalue weighted by atomic mass is 10.1. The summed E-state index contributed by atoms with van der Waals surface area (Å²) in [5, 5.41) is 3.90. The Kier molecular flexibility index (Phi) is 3.19. The van der Waals surface area contributed by atoms with Gasteiger partial charge in [-0.25, -0.2) is 4.98 Å². The molecule has 0 aliphatic heterocycles. The van der Waals surface area contributed by atoms with Gasteiger partial charge in [0, 0.05) is 5.69 Å². The summed E-state index contributed by atoms with van der Waals surface area (Å²) in [6.07, 6.45) is 0. The van der Waals surface area contributed by atoms with Crippen LogP contribution < -0.4 is 5.73 Å². The lowest BCUT2D eigenvalue weighted by Gasteiger charge is -2.09. The highest BCUT2D eigenvalue weighted by Gasteiger charge is 2.18. The summed E-state index contributed by atoms with van der Waals surface area (Å²) in [6.45, 7) is 5.95. The number of hydrogen-bond donors (Lipinski definition) is 1. The van der Waals surface area contributed by atoms with E-state index in [0.29, 0.717) is 17.4 Å². The molecule has 0 fully saturated rings. The van der Waals surface area contributed by atoms with Crippen LogP contribution in [-0.4, -0.2) is 15.1 Å². The van der Waals surface area contributed by atoms with Crippen molar-refractivity contribution in [2.75, 3.05) is 0 Å². The minimum atomic E-state index is -0.235. The van der Waals surface area contributed by atoms with Crippen molar-refractivity contribution < 1.29 is 4.52 Å². The molecule has 0 saturated carbocycles. The van der Waals surface area contributed by atoms with Crippen molar-refractivity contribution >= 4 is 0 Å². The molecule has 2 aromatic rings. The second-order valence-corrected chi connectivity index (χ2v) is 4.39. The van der Waals surface area contributed by atoms with Crippen LogP contribution in [-0.2, 0) is 0 Å². The van der Waals surface area contributed by atoms with E-state index in [-0.39, 0.29) is 12.0 Å². The van der Waals surface area contributed by atoms with Gasteiger partial charge >= 0.3 is 0 Å². The SMILES string of the molecule is Cc1cccc(-c2noc([C@@H](N)C(C)C)n2)n1. The molecule has 0 aliphatic rings. The molecule has 2 N–H and O–H groups in total. The first kappa shape index (κ1) is 11.7. The zero-order valence-corrected chi connectivity index (χ0v) is 10.2. The van der Waals surface area contributed by atoms with Gasteiger partial charge in [0.1, 0.15) is 5.69 Å². The normalized spacial score (nSPS) is 13.0. The number of rotatable bonds is 3. The van der Waals surface area contributed by atoms with Gasteiger partial charge in [0.2, 0.25) is 11.7 Å². The molecular formula is C12H16N4O. The number of aromatic nitrogens is 3. The lowest BCUT2D eigenvalue weighted by Crippen LogP contribution is -2.16. The van der Waals surface area contributed by atoms with Crippen molar-refractivity contribution in [3.8, 4) is 11.5 Å². The van der Waals surface area contributed by atoms with E-state index in [1.165, 1.54) is 0 Å². The molecule has 1 atom stereocenters. The predicted octanol–water partition coefficient (Wildman–Crippen LogP) is 2.10. The highest BCUT2D eigenvalue weighted by Crippen LogP contribution is 2.20. The zero-order valence-electron chi connectivity index (χ0n) is 10.2. The third kappa shape index (κ3) is 2.50. The van der Waals surface area contributed by atoms with Crippen molar-refractivity contribution in [2.45, 2.75) is 26.8 Å². The Labute approximate surface area is 100 Å². The zero-order chi connectivity index (χ0) is 12.4. The molecule has 2 rings (SSSR count). The smallest absolute Gasteiger partial charge is 0.244 e. The summed E-state index contributed by atoms with van der Waals surface area (Å²) < 4.78 is 5.16. The fourth-order valence-electron chi connectivity index (χ4n) is 1.43. The maximum absolute atomic E-state index is 5.94. The van der Waals surface area contributed by atoms with E-state index < -0.39 is 0 Å². The minimum absolute atomic E-state index is 0.235. The Morgan fingerprint density at radius 1 is 1.24 bits per heavy atom. The summed E-state index contributed by atoms with van der Waals surface area (Å²) in [6, 6.07) is 5.45. The summed E-state index contributed by atoms with van der Waals surface area (Å²) in [5.41, 5.74) is 7.57. The first-order valence-electron chi connectivity index (χ1n) is 5.61. The molecule has 0 aliphatic carbocycles. The van der Waals surface area contributed by atoms with Gasteiger partial charge in [-0.15, -0.1) is 0 Å². The van der Waals surface area contributed by atoms with Gasteiger partial charge in [0.25, 0.3) is 0 Å². The van der Waals surface area contributed by atoms with Crippen LogP contribution in [0.1, 0.15) is 31.5 Å². The maximum atomic E-state index is 5.94. The number of nitrogens with zero attached hydrogens (tertiary/aromatic N) is 3. The third-order valence-electron chi connectivity index (χ3n) is 2.56. The van der Waals surface area contributed by atoms with Gasteiger partial charge in [-0.3, -0.25) is 0 Å². The average Bonchev–Trinajstić information content (AvgIpc) is 2.77. The second kappa shape index (κ2) is 4.63. The molecule has 0 spiro atoms. The molecule has 5 heteroatoms. The summed E-state index contributed by atoms with van der Waals surface area (Å²) in [7, 11) is 0. The molecular weight excluding hydrogens is 216 g/mol. The van der Waals surface area contributed by atoms with Gasteiger partial charge in [-0.2, -0.15) is 4.98 Å². The molecule has 0 saturated heterocycles. The third-order valence-corrected chi connectivity index (χ3v) is 2.56. The van der Waals surface area contributed by atoms with Crippen LogP contribution in [0.2, 0.25) is 0 Å². The largest absolute Gasteiger partial charge is 0.337 e. The van der Waals surface area contributed by atoms with Gasteiger partial charge in [-0.05, 0) is 25.0 Å². The molecule has 0 radical (unpaired) electrons. The van der Waals surface area contributed by atoms with Gasteiger partial charge < -0.3 is 10.3 Å². The van der Waals surface area contributed by atoms with E-state index in [1.807, 2.05) is 39.0 Å². The molecule has 2 aromatic heterocycles. The number of aryl methyl sites for hydroxylation is 1. The minimum Gasteiger partial charge on any atom is -0.337 e.